The molecule has 9 heteroatoms. The molecule has 2 aliphatic heterocycles. The number of fused-ring (bicyclic) bond motifs is 10. The van der Waals surface area contributed by atoms with Crippen LogP contribution in [0.1, 0.15) is 123 Å². The Balaban J connectivity index is 1.04. The highest BCUT2D eigenvalue weighted by Gasteiger charge is 2.52. The van der Waals surface area contributed by atoms with Gasteiger partial charge in [-0.3, -0.25) is 9.59 Å². The minimum absolute atomic E-state index is 0.0551. The molecule has 2 spiro atoms. The fraction of sp³-hybridized carbons (Fsp3) is 0.406. The van der Waals surface area contributed by atoms with E-state index in [-0.39, 0.29) is 43.2 Å². The lowest BCUT2D eigenvalue weighted by atomic mass is 9.56. The van der Waals surface area contributed by atoms with Crippen LogP contribution in [0, 0.1) is 25.2 Å². The number of methoxy groups -OCH3 is 1. The summed E-state index contributed by atoms with van der Waals surface area (Å²) in [7, 11) is 1.79. The van der Waals surface area contributed by atoms with Crippen molar-refractivity contribution in [3.05, 3.63) is 148 Å². The zero-order chi connectivity index (χ0) is 50.3. The molecule has 8 nitrogen and oxygen atoms in total. The molecule has 11 rings (SSSR count). The first kappa shape index (κ1) is 49.2. The Morgan fingerprint density at radius 3 is 2.15 bits per heavy atom. The fourth-order valence-electron chi connectivity index (χ4n) is 12.9. The molecule has 1 unspecified atom stereocenters. The topological polar surface area (TPSA) is 83.5 Å². The summed E-state index contributed by atoms with van der Waals surface area (Å²) < 4.78 is 31.6. The summed E-state index contributed by atoms with van der Waals surface area (Å²) in [4.78, 5) is 29.2. The van der Waals surface area contributed by atoms with Crippen molar-refractivity contribution in [3.8, 4) is 28.4 Å². The van der Waals surface area contributed by atoms with Gasteiger partial charge in [-0.15, -0.1) is 0 Å². The van der Waals surface area contributed by atoms with Crippen molar-refractivity contribution in [3.63, 3.8) is 0 Å². The Hall–Kier alpha value is -6.03. The van der Waals surface area contributed by atoms with Crippen LogP contribution in [0.15, 0.2) is 119 Å². The molecule has 0 bridgehead atoms. The number of esters is 1. The van der Waals surface area contributed by atoms with E-state index in [1.54, 1.807) is 18.9 Å². The van der Waals surface area contributed by atoms with Gasteiger partial charge >= 0.3 is 5.97 Å². The van der Waals surface area contributed by atoms with Crippen molar-refractivity contribution in [2.24, 2.45) is 11.3 Å². The maximum atomic E-state index is 12.4. The standard InChI is InChI=1S/C64H69NO7S/c1-42(2)54(66)24-25-57(67)71-39-38-70-48-22-18-46(19-23-48)64(45-16-20-47(21-17-45)65-34-36-69-37-35-65)29-26-50-59-58(49-14-7-8-15-53(49)63(59)32-30-62(31-33-63)27-9-6-10-28-62)51-41-56(55(68-5)40-52(51)60(50)72-64)73-61-43(3)12-11-13-44(61)4/h7-8,11-23,26,29,40-42H,6,9-10,24-25,27-28,30-39H2,1-5H3. The van der Waals surface area contributed by atoms with Gasteiger partial charge in [0.15, 0.2) is 5.60 Å². The molecule has 73 heavy (non-hydrogen) atoms. The maximum Gasteiger partial charge on any atom is 0.306 e. The Bertz CT molecular complexity index is 3040. The van der Waals surface area contributed by atoms with Crippen LogP contribution in [-0.4, -0.2) is 58.4 Å². The van der Waals surface area contributed by atoms with E-state index in [0.29, 0.717) is 24.4 Å². The highest BCUT2D eigenvalue weighted by atomic mass is 32.2. The number of aryl methyl sites for hydroxylation is 2. The van der Waals surface area contributed by atoms with Crippen LogP contribution in [-0.2, 0) is 30.1 Å². The quantitative estimate of drug-likeness (QED) is 0.0782. The van der Waals surface area contributed by atoms with Crippen molar-refractivity contribution in [1.29, 1.82) is 0 Å². The molecule has 0 amide bonds. The summed E-state index contributed by atoms with van der Waals surface area (Å²) in [6.45, 7) is 11.5. The van der Waals surface area contributed by atoms with Gasteiger partial charge in [-0.2, -0.15) is 0 Å². The van der Waals surface area contributed by atoms with Crippen molar-refractivity contribution >= 4 is 46.1 Å². The van der Waals surface area contributed by atoms with Crippen LogP contribution in [0.4, 0.5) is 5.69 Å². The molecule has 2 saturated carbocycles. The molecule has 378 valence electrons. The number of rotatable bonds is 14. The molecule has 0 N–H and O–H groups in total. The third-order valence-electron chi connectivity index (χ3n) is 17.0. The number of ketones is 1. The normalized spacial score (nSPS) is 19.3. The van der Waals surface area contributed by atoms with Crippen molar-refractivity contribution < 1.29 is 33.3 Å². The minimum atomic E-state index is -1.02. The summed E-state index contributed by atoms with van der Waals surface area (Å²) >= 11 is 1.79. The van der Waals surface area contributed by atoms with Gasteiger partial charge in [-0.25, -0.2) is 0 Å². The van der Waals surface area contributed by atoms with Crippen LogP contribution in [0.5, 0.6) is 17.2 Å². The highest BCUT2D eigenvalue weighted by molar-refractivity contribution is 7.99. The average Bonchev–Trinajstić information content (AvgIpc) is 3.71. The second kappa shape index (κ2) is 20.4. The number of anilines is 1. The molecule has 2 heterocycles. The Kier molecular flexibility index (Phi) is 13.7. The summed E-state index contributed by atoms with van der Waals surface area (Å²) in [5.41, 5.74) is 11.6. The maximum absolute atomic E-state index is 12.4. The van der Waals surface area contributed by atoms with Crippen LogP contribution in [0.25, 0.3) is 28.0 Å². The van der Waals surface area contributed by atoms with Gasteiger partial charge in [-0.1, -0.05) is 118 Å². The molecular weight excluding hydrogens is 927 g/mol. The van der Waals surface area contributed by atoms with Gasteiger partial charge in [0, 0.05) is 63.5 Å². The highest BCUT2D eigenvalue weighted by Crippen LogP contribution is 2.65. The predicted molar refractivity (Wildman–Crippen MR) is 293 cm³/mol. The first-order chi connectivity index (χ1) is 35.5. The minimum Gasteiger partial charge on any atom is -0.496 e. The number of hydrogen-bond acceptors (Lipinski definition) is 9. The monoisotopic (exact) mass is 995 g/mol. The van der Waals surface area contributed by atoms with E-state index in [2.05, 4.69) is 122 Å². The van der Waals surface area contributed by atoms with Gasteiger partial charge in [-0.05, 0) is 139 Å². The molecule has 5 aliphatic rings. The largest absolute Gasteiger partial charge is 0.496 e. The van der Waals surface area contributed by atoms with E-state index in [4.69, 9.17) is 23.7 Å². The average molecular weight is 996 g/mol. The number of carbonyl (C=O) groups is 2. The molecule has 1 atom stereocenters. The van der Waals surface area contributed by atoms with Crippen LogP contribution >= 0.6 is 11.8 Å². The first-order valence-corrected chi connectivity index (χ1v) is 27.6. The fourth-order valence-corrected chi connectivity index (χ4v) is 14.0. The van der Waals surface area contributed by atoms with E-state index < -0.39 is 11.6 Å². The Morgan fingerprint density at radius 2 is 1.45 bits per heavy atom. The van der Waals surface area contributed by atoms with Crippen molar-refractivity contribution in [2.45, 2.75) is 119 Å². The number of nitrogens with zero attached hydrogens (tertiary/aromatic N) is 1. The lowest BCUT2D eigenvalue weighted by Gasteiger charge is -2.48. The van der Waals surface area contributed by atoms with E-state index in [1.165, 1.54) is 94.2 Å². The Morgan fingerprint density at radius 1 is 0.753 bits per heavy atom. The van der Waals surface area contributed by atoms with Gasteiger partial charge in [0.1, 0.15) is 36.2 Å². The third kappa shape index (κ3) is 9.13. The summed E-state index contributed by atoms with van der Waals surface area (Å²) in [6.07, 6.45) is 16.4. The predicted octanol–water partition coefficient (Wildman–Crippen LogP) is 14.5. The van der Waals surface area contributed by atoms with Gasteiger partial charge in [0.25, 0.3) is 0 Å². The van der Waals surface area contributed by atoms with E-state index in [1.807, 2.05) is 26.0 Å². The number of morpholine rings is 1. The molecule has 6 aromatic carbocycles. The molecule has 1 saturated heterocycles. The summed E-state index contributed by atoms with van der Waals surface area (Å²) in [5.74, 6) is 1.90. The number of Topliss-reactive ketones (excluding diaryl/α,β-unsaturated/α-hetero) is 1. The van der Waals surface area contributed by atoms with Gasteiger partial charge in [0.05, 0.1) is 31.6 Å². The van der Waals surface area contributed by atoms with Crippen LogP contribution < -0.4 is 19.1 Å². The number of carbonyl (C=O) groups excluding carboxylic acids is 2. The van der Waals surface area contributed by atoms with E-state index in [9.17, 15) is 9.59 Å². The lowest BCUT2D eigenvalue weighted by molar-refractivity contribution is -0.145. The zero-order valence-corrected chi connectivity index (χ0v) is 44.1. The molecule has 3 fully saturated rings. The van der Waals surface area contributed by atoms with Gasteiger partial charge < -0.3 is 28.6 Å². The van der Waals surface area contributed by atoms with Crippen LogP contribution in [0.2, 0.25) is 0 Å². The summed E-state index contributed by atoms with van der Waals surface area (Å²) in [5, 5.41) is 2.22. The second-order valence-electron chi connectivity index (χ2n) is 21.6. The summed E-state index contributed by atoms with van der Waals surface area (Å²) in [6, 6.07) is 37.5. The molecule has 0 radical (unpaired) electrons. The number of ether oxygens (including phenoxy) is 5. The van der Waals surface area contributed by atoms with E-state index >= 15 is 0 Å². The van der Waals surface area contributed by atoms with E-state index in [0.717, 1.165) is 64.5 Å². The number of benzene rings is 6. The SMILES string of the molecule is COc1cc2c3c(c4c(c2cc1Sc1c(C)cccc1C)-c1ccccc1C41CCC2(CCCCC2)CC1)C=CC(c1ccc(OCCOC(=O)CCC(=O)C(C)C)cc1)(c1ccc(N2CCOCC2)cc1)O3. The first-order valence-electron chi connectivity index (χ1n) is 26.8. The van der Waals surface area contributed by atoms with Gasteiger partial charge in [0.2, 0.25) is 0 Å². The van der Waals surface area contributed by atoms with Crippen molar-refractivity contribution in [1.82, 2.24) is 0 Å². The Labute approximate surface area is 435 Å². The molecule has 3 aliphatic carbocycles. The third-order valence-corrected chi connectivity index (χ3v) is 18.4. The molecule has 6 aromatic rings. The van der Waals surface area contributed by atoms with Crippen LogP contribution in [0.3, 0.4) is 0 Å². The van der Waals surface area contributed by atoms with Crippen molar-refractivity contribution in [2.75, 3.05) is 51.5 Å². The lowest BCUT2D eigenvalue weighted by Crippen LogP contribution is -2.39. The molecule has 0 aromatic heterocycles. The zero-order valence-electron chi connectivity index (χ0n) is 43.3. The number of hydrogen-bond donors (Lipinski definition) is 0. The smallest absolute Gasteiger partial charge is 0.306 e. The second-order valence-corrected chi connectivity index (χ2v) is 22.6. The molecular formula is C64H69NO7S.